The van der Waals surface area contributed by atoms with Gasteiger partial charge in [0.25, 0.3) is 11.6 Å². The highest BCUT2D eigenvalue weighted by atomic mass is 79.9. The molecule has 1 aliphatic rings. The third-order valence-corrected chi connectivity index (χ3v) is 4.09. The van der Waals surface area contributed by atoms with Crippen LogP contribution < -0.4 is 0 Å². The van der Waals surface area contributed by atoms with Gasteiger partial charge in [-0.05, 0) is 12.0 Å². The topological polar surface area (TPSA) is 83.7 Å². The minimum absolute atomic E-state index is 0.0587. The number of carbonyl (C=O) groups excluding carboxylic acids is 1. The maximum Gasteiger partial charge on any atom is 0.271 e. The van der Waals surface area contributed by atoms with E-state index in [0.29, 0.717) is 4.47 Å². The van der Waals surface area contributed by atoms with Gasteiger partial charge in [-0.2, -0.15) is 0 Å². The van der Waals surface area contributed by atoms with Crippen LogP contribution in [0.2, 0.25) is 0 Å². The number of aliphatic hydroxyl groups is 1. The standard InChI is InChI=1S/C13H15BrN2O4/c1-8(2)13(18)6-15(7-13)12(17)9-3-10(14)5-11(4-9)16(19)20/h3-5,8,18H,6-7H2,1-2H3. The van der Waals surface area contributed by atoms with Gasteiger partial charge in [0.1, 0.15) is 5.60 Å². The van der Waals surface area contributed by atoms with Gasteiger partial charge in [-0.3, -0.25) is 14.9 Å². The number of carbonyl (C=O) groups is 1. The van der Waals surface area contributed by atoms with Gasteiger partial charge in [-0.1, -0.05) is 29.8 Å². The number of benzene rings is 1. The lowest BCUT2D eigenvalue weighted by Gasteiger charge is -2.49. The van der Waals surface area contributed by atoms with Crippen molar-refractivity contribution in [2.75, 3.05) is 13.1 Å². The molecule has 1 aromatic rings. The SMILES string of the molecule is CC(C)C1(O)CN(C(=O)c2cc(Br)cc([N+](=O)[O-])c2)C1. The van der Waals surface area contributed by atoms with Crippen molar-refractivity contribution in [1.29, 1.82) is 0 Å². The Labute approximate surface area is 124 Å². The first kappa shape index (κ1) is 14.9. The number of rotatable bonds is 3. The molecule has 0 atom stereocenters. The largest absolute Gasteiger partial charge is 0.386 e. The summed E-state index contributed by atoms with van der Waals surface area (Å²) in [4.78, 5) is 24.0. The Balaban J connectivity index is 2.18. The Kier molecular flexibility index (Phi) is 3.84. The van der Waals surface area contributed by atoms with Gasteiger partial charge in [-0.15, -0.1) is 0 Å². The number of amides is 1. The maximum atomic E-state index is 12.2. The zero-order valence-electron chi connectivity index (χ0n) is 11.2. The van der Waals surface area contributed by atoms with Crippen LogP contribution >= 0.6 is 15.9 Å². The van der Waals surface area contributed by atoms with Gasteiger partial charge in [0.2, 0.25) is 0 Å². The highest BCUT2D eigenvalue weighted by Crippen LogP contribution is 2.31. The zero-order valence-corrected chi connectivity index (χ0v) is 12.8. The Morgan fingerprint density at radius 2 is 2.05 bits per heavy atom. The minimum atomic E-state index is -0.854. The van der Waals surface area contributed by atoms with Crippen LogP contribution in [-0.2, 0) is 0 Å². The fourth-order valence-corrected chi connectivity index (χ4v) is 2.59. The van der Waals surface area contributed by atoms with Crippen LogP contribution in [0.5, 0.6) is 0 Å². The summed E-state index contributed by atoms with van der Waals surface area (Å²) < 4.78 is 0.481. The zero-order chi connectivity index (χ0) is 15.1. The van der Waals surface area contributed by atoms with E-state index in [2.05, 4.69) is 15.9 Å². The lowest BCUT2D eigenvalue weighted by molar-refractivity contribution is -0.385. The molecule has 0 aromatic heterocycles. The Morgan fingerprint density at radius 1 is 1.45 bits per heavy atom. The van der Waals surface area contributed by atoms with Crippen molar-refractivity contribution in [3.63, 3.8) is 0 Å². The van der Waals surface area contributed by atoms with Crippen molar-refractivity contribution < 1.29 is 14.8 Å². The van der Waals surface area contributed by atoms with Gasteiger partial charge in [-0.25, -0.2) is 0 Å². The minimum Gasteiger partial charge on any atom is -0.386 e. The molecule has 1 saturated heterocycles. The van der Waals surface area contributed by atoms with Gasteiger partial charge >= 0.3 is 0 Å². The molecule has 0 saturated carbocycles. The number of nitrogens with zero attached hydrogens (tertiary/aromatic N) is 2. The van der Waals surface area contributed by atoms with E-state index >= 15 is 0 Å². The van der Waals surface area contributed by atoms with Crippen LogP contribution in [-0.4, -0.2) is 39.5 Å². The summed E-state index contributed by atoms with van der Waals surface area (Å²) in [5, 5.41) is 20.9. The Hall–Kier alpha value is -1.47. The second-order valence-corrected chi connectivity index (χ2v) is 6.29. The molecule has 1 N–H and O–H groups in total. The van der Waals surface area contributed by atoms with E-state index in [1.165, 1.54) is 17.0 Å². The number of nitro benzene ring substituents is 1. The highest BCUT2D eigenvalue weighted by molar-refractivity contribution is 9.10. The number of hydrogen-bond acceptors (Lipinski definition) is 4. The van der Waals surface area contributed by atoms with Crippen molar-refractivity contribution in [3.8, 4) is 0 Å². The van der Waals surface area contributed by atoms with Gasteiger partial charge in [0, 0.05) is 22.2 Å². The maximum absolute atomic E-state index is 12.2. The van der Waals surface area contributed by atoms with Crippen LogP contribution in [0.4, 0.5) is 5.69 Å². The van der Waals surface area contributed by atoms with Crippen molar-refractivity contribution in [2.24, 2.45) is 5.92 Å². The molecule has 0 unspecified atom stereocenters. The number of nitro groups is 1. The summed E-state index contributed by atoms with van der Waals surface area (Å²) in [5.74, 6) is -0.247. The molecule has 0 spiro atoms. The van der Waals surface area contributed by atoms with Crippen LogP contribution in [0.3, 0.4) is 0 Å². The number of halogens is 1. The molecule has 1 aromatic carbocycles. The quantitative estimate of drug-likeness (QED) is 0.674. The highest BCUT2D eigenvalue weighted by Gasteiger charge is 2.46. The van der Waals surface area contributed by atoms with Gasteiger partial charge in [0.05, 0.1) is 18.0 Å². The first-order valence-corrected chi connectivity index (χ1v) is 6.99. The Bertz CT molecular complexity index is 567. The average Bonchev–Trinajstić information content (AvgIpc) is 2.32. The van der Waals surface area contributed by atoms with E-state index in [0.717, 1.165) is 0 Å². The Morgan fingerprint density at radius 3 is 2.55 bits per heavy atom. The fraction of sp³-hybridized carbons (Fsp3) is 0.462. The summed E-state index contributed by atoms with van der Waals surface area (Å²) in [6.07, 6.45) is 0. The summed E-state index contributed by atoms with van der Waals surface area (Å²) in [6, 6.07) is 4.14. The molecular formula is C13H15BrN2O4. The van der Waals surface area contributed by atoms with Gasteiger partial charge in [0.15, 0.2) is 0 Å². The first-order chi connectivity index (χ1) is 9.23. The predicted molar refractivity (Wildman–Crippen MR) is 76.5 cm³/mol. The number of non-ortho nitro benzene ring substituents is 1. The second kappa shape index (κ2) is 5.14. The molecule has 0 radical (unpaired) electrons. The summed E-state index contributed by atoms with van der Waals surface area (Å²) in [6.45, 7) is 4.30. The van der Waals surface area contributed by atoms with E-state index in [1.807, 2.05) is 13.8 Å². The first-order valence-electron chi connectivity index (χ1n) is 6.19. The van der Waals surface area contributed by atoms with Crippen molar-refractivity contribution >= 4 is 27.5 Å². The third-order valence-electron chi connectivity index (χ3n) is 3.63. The van der Waals surface area contributed by atoms with Crippen LogP contribution in [0, 0.1) is 16.0 Å². The smallest absolute Gasteiger partial charge is 0.271 e. The molecule has 20 heavy (non-hydrogen) atoms. The fourth-order valence-electron chi connectivity index (χ4n) is 2.11. The number of likely N-dealkylation sites (tertiary alicyclic amines) is 1. The van der Waals surface area contributed by atoms with Crippen molar-refractivity contribution in [2.45, 2.75) is 19.4 Å². The second-order valence-electron chi connectivity index (χ2n) is 5.37. The van der Waals surface area contributed by atoms with Crippen LogP contribution in [0.15, 0.2) is 22.7 Å². The normalized spacial score (nSPS) is 16.9. The molecule has 1 heterocycles. The molecule has 1 aliphatic heterocycles. The predicted octanol–water partition coefficient (Wildman–Crippen LogP) is 2.20. The summed E-state index contributed by atoms with van der Waals surface area (Å²) in [7, 11) is 0. The molecule has 1 amide bonds. The molecule has 108 valence electrons. The average molecular weight is 343 g/mol. The van der Waals surface area contributed by atoms with E-state index < -0.39 is 10.5 Å². The number of hydrogen-bond donors (Lipinski definition) is 1. The van der Waals surface area contributed by atoms with Gasteiger partial charge < -0.3 is 10.0 Å². The molecule has 2 rings (SSSR count). The van der Waals surface area contributed by atoms with E-state index in [-0.39, 0.29) is 36.2 Å². The molecular weight excluding hydrogens is 328 g/mol. The van der Waals surface area contributed by atoms with Crippen LogP contribution in [0.1, 0.15) is 24.2 Å². The molecule has 1 fully saturated rings. The van der Waals surface area contributed by atoms with E-state index in [4.69, 9.17) is 0 Å². The third kappa shape index (κ3) is 2.69. The van der Waals surface area contributed by atoms with Crippen molar-refractivity contribution in [1.82, 2.24) is 4.90 Å². The van der Waals surface area contributed by atoms with E-state index in [9.17, 15) is 20.0 Å². The van der Waals surface area contributed by atoms with Crippen LogP contribution in [0.25, 0.3) is 0 Å². The number of β-amino-alcohol motifs (C(OH)–C–C–N with tert-alkyl or cyclic N) is 1. The molecule has 0 aliphatic carbocycles. The summed E-state index contributed by atoms with van der Waals surface area (Å²) in [5.41, 5.74) is -0.743. The monoisotopic (exact) mass is 342 g/mol. The van der Waals surface area contributed by atoms with E-state index in [1.54, 1.807) is 6.07 Å². The molecule has 7 heteroatoms. The van der Waals surface area contributed by atoms with Crippen molar-refractivity contribution in [3.05, 3.63) is 38.3 Å². The molecule has 0 bridgehead atoms. The lowest BCUT2D eigenvalue weighted by Crippen LogP contribution is -2.65. The molecule has 6 nitrogen and oxygen atoms in total. The summed E-state index contributed by atoms with van der Waals surface area (Å²) >= 11 is 3.16. The lowest BCUT2D eigenvalue weighted by atomic mass is 9.82.